The van der Waals surface area contributed by atoms with Crippen LogP contribution in [0.3, 0.4) is 0 Å². The van der Waals surface area contributed by atoms with Gasteiger partial charge in [0.05, 0.1) is 11.1 Å². The van der Waals surface area contributed by atoms with Gasteiger partial charge in [0.15, 0.2) is 17.3 Å². The summed E-state index contributed by atoms with van der Waals surface area (Å²) in [5, 5.41) is 18.9. The zero-order valence-electron chi connectivity index (χ0n) is 13.0. The Morgan fingerprint density at radius 2 is 1.44 bits per heavy atom. The summed E-state index contributed by atoms with van der Waals surface area (Å²) in [5.41, 5.74) is 0.804. The number of ketones is 1. The van der Waals surface area contributed by atoms with Gasteiger partial charge in [-0.3, -0.25) is 4.79 Å². The second-order valence-electron chi connectivity index (χ2n) is 5.28. The van der Waals surface area contributed by atoms with E-state index in [1.807, 2.05) is 6.07 Å². The van der Waals surface area contributed by atoms with Crippen LogP contribution in [-0.4, -0.2) is 22.0 Å². The van der Waals surface area contributed by atoms with Gasteiger partial charge in [-0.25, -0.2) is 4.79 Å². The van der Waals surface area contributed by atoms with Crippen molar-refractivity contribution in [3.63, 3.8) is 0 Å². The smallest absolute Gasteiger partial charge is 0.335 e. The second-order valence-corrected chi connectivity index (χ2v) is 5.28. The largest absolute Gasteiger partial charge is 0.504 e. The molecule has 0 heterocycles. The third-order valence-electron chi connectivity index (χ3n) is 3.59. The lowest BCUT2D eigenvalue weighted by atomic mass is 10.0. The van der Waals surface area contributed by atoms with Crippen LogP contribution in [0.25, 0.3) is 0 Å². The van der Waals surface area contributed by atoms with Crippen LogP contribution in [0.1, 0.15) is 26.3 Å². The number of benzene rings is 3. The van der Waals surface area contributed by atoms with E-state index >= 15 is 0 Å². The predicted molar refractivity (Wildman–Crippen MR) is 91.5 cm³/mol. The van der Waals surface area contributed by atoms with Gasteiger partial charge in [-0.15, -0.1) is 0 Å². The summed E-state index contributed by atoms with van der Waals surface area (Å²) < 4.78 is 5.65. The topological polar surface area (TPSA) is 83.8 Å². The van der Waals surface area contributed by atoms with Crippen molar-refractivity contribution < 1.29 is 24.5 Å². The molecule has 0 amide bonds. The van der Waals surface area contributed by atoms with Crippen molar-refractivity contribution in [1.29, 1.82) is 0 Å². The first-order valence-electron chi connectivity index (χ1n) is 7.49. The van der Waals surface area contributed by atoms with Crippen LogP contribution in [0.2, 0.25) is 0 Å². The van der Waals surface area contributed by atoms with E-state index in [2.05, 4.69) is 0 Å². The zero-order valence-corrected chi connectivity index (χ0v) is 13.0. The lowest BCUT2D eigenvalue weighted by Gasteiger charge is -2.12. The molecule has 0 saturated heterocycles. The molecule has 0 aliphatic heterocycles. The molecule has 0 bridgehead atoms. The van der Waals surface area contributed by atoms with Gasteiger partial charge in [-0.05, 0) is 30.3 Å². The molecule has 5 heteroatoms. The minimum absolute atomic E-state index is 0.0569. The Bertz CT molecular complexity index is 932. The summed E-state index contributed by atoms with van der Waals surface area (Å²) in [5.74, 6) is -1.34. The van der Waals surface area contributed by atoms with E-state index in [9.17, 15) is 14.7 Å². The van der Waals surface area contributed by atoms with Crippen LogP contribution in [0.15, 0.2) is 72.8 Å². The van der Waals surface area contributed by atoms with Crippen LogP contribution < -0.4 is 4.74 Å². The second kappa shape index (κ2) is 6.88. The molecule has 0 aromatic heterocycles. The highest BCUT2D eigenvalue weighted by Gasteiger charge is 2.16. The summed E-state index contributed by atoms with van der Waals surface area (Å²) in [4.78, 5) is 23.6. The van der Waals surface area contributed by atoms with Crippen molar-refractivity contribution in [2.45, 2.75) is 0 Å². The molecule has 3 aromatic rings. The molecule has 0 spiro atoms. The normalized spacial score (nSPS) is 10.2. The lowest BCUT2D eigenvalue weighted by Crippen LogP contribution is -2.03. The van der Waals surface area contributed by atoms with Crippen LogP contribution in [-0.2, 0) is 0 Å². The summed E-state index contributed by atoms with van der Waals surface area (Å²) in [6.07, 6.45) is 0. The van der Waals surface area contributed by atoms with Crippen molar-refractivity contribution in [2.75, 3.05) is 0 Å². The number of hydrogen-bond acceptors (Lipinski definition) is 4. The molecule has 3 rings (SSSR count). The Labute approximate surface area is 143 Å². The number of carbonyl (C=O) groups excluding carboxylic acids is 1. The molecule has 0 aliphatic carbocycles. The van der Waals surface area contributed by atoms with Gasteiger partial charge in [-0.2, -0.15) is 0 Å². The van der Waals surface area contributed by atoms with E-state index in [4.69, 9.17) is 9.84 Å². The maximum atomic E-state index is 12.7. The lowest BCUT2D eigenvalue weighted by molar-refractivity contribution is 0.0696. The van der Waals surface area contributed by atoms with Gasteiger partial charge >= 0.3 is 5.97 Å². The van der Waals surface area contributed by atoms with Crippen molar-refractivity contribution in [3.05, 3.63) is 89.5 Å². The molecule has 3 aromatic carbocycles. The van der Waals surface area contributed by atoms with Gasteiger partial charge in [0.25, 0.3) is 0 Å². The molecule has 25 heavy (non-hydrogen) atoms. The number of carbonyl (C=O) groups is 2. The van der Waals surface area contributed by atoms with Crippen molar-refractivity contribution in [3.8, 4) is 17.2 Å². The number of para-hydroxylation sites is 1. The molecular weight excluding hydrogens is 320 g/mol. The highest BCUT2D eigenvalue weighted by Crippen LogP contribution is 2.33. The van der Waals surface area contributed by atoms with E-state index in [1.54, 1.807) is 48.5 Å². The monoisotopic (exact) mass is 334 g/mol. The summed E-state index contributed by atoms with van der Waals surface area (Å²) in [7, 11) is 0. The minimum atomic E-state index is -1.15. The van der Waals surface area contributed by atoms with E-state index in [0.717, 1.165) is 6.07 Å². The molecule has 0 atom stereocenters. The molecular formula is C20H14O5. The van der Waals surface area contributed by atoms with Crippen LogP contribution in [0.5, 0.6) is 17.2 Å². The third-order valence-corrected chi connectivity index (χ3v) is 3.59. The Hall–Kier alpha value is -3.60. The predicted octanol–water partition coefficient (Wildman–Crippen LogP) is 4.11. The number of rotatable bonds is 5. The Morgan fingerprint density at radius 1 is 0.760 bits per heavy atom. The molecule has 124 valence electrons. The fraction of sp³-hybridized carbons (Fsp3) is 0. The average Bonchev–Trinajstić information content (AvgIpc) is 2.64. The Morgan fingerprint density at radius 3 is 2.12 bits per heavy atom. The van der Waals surface area contributed by atoms with Crippen LogP contribution >= 0.6 is 0 Å². The molecule has 2 N–H and O–H groups in total. The van der Waals surface area contributed by atoms with Gasteiger partial charge in [-0.1, -0.05) is 42.5 Å². The number of phenols is 1. The maximum Gasteiger partial charge on any atom is 0.335 e. The van der Waals surface area contributed by atoms with Gasteiger partial charge in [0, 0.05) is 5.56 Å². The van der Waals surface area contributed by atoms with Gasteiger partial charge in [0.2, 0.25) is 0 Å². The summed E-state index contributed by atoms with van der Waals surface area (Å²) in [6.45, 7) is 0. The Balaban J connectivity index is 1.94. The molecule has 0 unspecified atom stereocenters. The molecule has 0 saturated carbocycles. The quantitative estimate of drug-likeness (QED) is 0.686. The fourth-order valence-electron chi connectivity index (χ4n) is 2.34. The molecule has 5 nitrogen and oxygen atoms in total. The number of carboxylic acid groups (broad SMARTS) is 1. The number of ether oxygens (including phenoxy) is 1. The first kappa shape index (κ1) is 16.3. The fourth-order valence-corrected chi connectivity index (χ4v) is 2.34. The van der Waals surface area contributed by atoms with Crippen LogP contribution in [0, 0.1) is 0 Å². The molecule has 0 aliphatic rings. The number of carboxylic acids is 1. The first-order chi connectivity index (χ1) is 12.1. The standard InChI is InChI=1S/C20H14O5/c21-16-12-14(20(23)24)10-11-18(16)25-17-9-5-4-8-15(17)19(22)13-6-2-1-3-7-13/h1-12,21H,(H,23,24). The minimum Gasteiger partial charge on any atom is -0.504 e. The van der Waals surface area contributed by atoms with E-state index in [-0.39, 0.29) is 28.6 Å². The number of aromatic carboxylic acids is 1. The van der Waals surface area contributed by atoms with Crippen molar-refractivity contribution in [2.24, 2.45) is 0 Å². The highest BCUT2D eigenvalue weighted by atomic mass is 16.5. The van der Waals surface area contributed by atoms with E-state index in [0.29, 0.717) is 11.1 Å². The number of hydrogen-bond donors (Lipinski definition) is 2. The van der Waals surface area contributed by atoms with Crippen molar-refractivity contribution >= 4 is 11.8 Å². The maximum absolute atomic E-state index is 12.7. The third kappa shape index (κ3) is 3.50. The molecule has 0 fully saturated rings. The van der Waals surface area contributed by atoms with E-state index in [1.165, 1.54) is 12.1 Å². The molecule has 0 radical (unpaired) electrons. The van der Waals surface area contributed by atoms with Gasteiger partial charge < -0.3 is 14.9 Å². The summed E-state index contributed by atoms with van der Waals surface area (Å²) >= 11 is 0. The number of phenolic OH excluding ortho intramolecular Hbond substituents is 1. The van der Waals surface area contributed by atoms with Crippen molar-refractivity contribution in [1.82, 2.24) is 0 Å². The highest BCUT2D eigenvalue weighted by molar-refractivity contribution is 6.10. The average molecular weight is 334 g/mol. The summed E-state index contributed by atoms with van der Waals surface area (Å²) in [6, 6.07) is 19.2. The first-order valence-corrected chi connectivity index (χ1v) is 7.49. The SMILES string of the molecule is O=C(O)c1ccc(Oc2ccccc2C(=O)c2ccccc2)c(O)c1. The Kier molecular flexibility index (Phi) is 4.48. The van der Waals surface area contributed by atoms with Gasteiger partial charge in [0.1, 0.15) is 5.75 Å². The van der Waals surface area contributed by atoms with Crippen LogP contribution in [0.4, 0.5) is 0 Å². The zero-order chi connectivity index (χ0) is 17.8. The number of aromatic hydroxyl groups is 1. The van der Waals surface area contributed by atoms with E-state index < -0.39 is 5.97 Å².